The zero-order valence-electron chi connectivity index (χ0n) is 11.7. The van der Waals surface area contributed by atoms with E-state index >= 15 is 0 Å². The van der Waals surface area contributed by atoms with Crippen LogP contribution in [0.25, 0.3) is 10.9 Å². The maximum absolute atomic E-state index is 12.0. The quantitative estimate of drug-likeness (QED) is 0.920. The van der Waals surface area contributed by atoms with Gasteiger partial charge in [-0.2, -0.15) is 0 Å². The summed E-state index contributed by atoms with van der Waals surface area (Å²) in [6, 6.07) is 7.43. The van der Waals surface area contributed by atoms with Crippen LogP contribution in [0.2, 0.25) is 5.02 Å². The monoisotopic (exact) mass is 291 g/mol. The lowest BCUT2D eigenvalue weighted by atomic mass is 10.2. The third-order valence-corrected chi connectivity index (χ3v) is 3.59. The number of rotatable bonds is 5. The van der Waals surface area contributed by atoms with Crippen molar-refractivity contribution >= 4 is 34.1 Å². The van der Waals surface area contributed by atoms with Gasteiger partial charge in [-0.25, -0.2) is 0 Å². The number of anilines is 1. The molecule has 1 N–H and O–H groups in total. The number of likely N-dealkylation sites (N-methyl/N-ethyl adjacent to an activating group) is 1. The number of carbonyl (C=O) groups excluding carboxylic acids is 1. The summed E-state index contributed by atoms with van der Waals surface area (Å²) in [6.45, 7) is 5.64. The van der Waals surface area contributed by atoms with E-state index in [1.807, 2.05) is 38.1 Å². The average Bonchev–Trinajstić information content (AvgIpc) is 2.48. The Morgan fingerprint density at radius 1 is 1.30 bits per heavy atom. The highest BCUT2D eigenvalue weighted by Crippen LogP contribution is 2.27. The van der Waals surface area contributed by atoms with E-state index in [-0.39, 0.29) is 12.5 Å². The molecule has 0 aliphatic carbocycles. The fourth-order valence-corrected chi connectivity index (χ4v) is 2.35. The van der Waals surface area contributed by atoms with Gasteiger partial charge in [-0.1, -0.05) is 11.6 Å². The highest BCUT2D eigenvalue weighted by molar-refractivity contribution is 6.35. The standard InChI is InChI=1S/C15H18ClN3O/c1-3-19(4-2)14(20)10-18-13-8-7-12(16)11-6-5-9-17-15(11)13/h5-9,18H,3-4,10H2,1-2H3. The number of aromatic nitrogens is 1. The smallest absolute Gasteiger partial charge is 0.241 e. The van der Waals surface area contributed by atoms with E-state index in [0.29, 0.717) is 5.02 Å². The van der Waals surface area contributed by atoms with Crippen molar-refractivity contribution in [3.05, 3.63) is 35.5 Å². The maximum Gasteiger partial charge on any atom is 0.241 e. The van der Waals surface area contributed by atoms with Gasteiger partial charge in [-0.15, -0.1) is 0 Å². The van der Waals surface area contributed by atoms with E-state index in [4.69, 9.17) is 11.6 Å². The number of halogens is 1. The second kappa shape index (κ2) is 6.57. The minimum absolute atomic E-state index is 0.0778. The van der Waals surface area contributed by atoms with Gasteiger partial charge in [-0.05, 0) is 38.1 Å². The highest BCUT2D eigenvalue weighted by atomic mass is 35.5. The highest BCUT2D eigenvalue weighted by Gasteiger charge is 2.11. The molecule has 2 rings (SSSR count). The van der Waals surface area contributed by atoms with E-state index in [2.05, 4.69) is 10.3 Å². The van der Waals surface area contributed by atoms with Crippen molar-refractivity contribution in [1.29, 1.82) is 0 Å². The molecule has 0 aliphatic rings. The van der Waals surface area contributed by atoms with Crippen molar-refractivity contribution in [2.75, 3.05) is 25.0 Å². The molecule has 20 heavy (non-hydrogen) atoms. The van der Waals surface area contributed by atoms with Crippen molar-refractivity contribution in [2.45, 2.75) is 13.8 Å². The molecule has 0 radical (unpaired) electrons. The molecule has 0 saturated heterocycles. The Hall–Kier alpha value is -1.81. The first-order chi connectivity index (χ1) is 9.67. The van der Waals surface area contributed by atoms with Crippen LogP contribution in [-0.4, -0.2) is 35.4 Å². The summed E-state index contributed by atoms with van der Waals surface area (Å²) in [5.74, 6) is 0.0778. The van der Waals surface area contributed by atoms with Crippen molar-refractivity contribution in [3.63, 3.8) is 0 Å². The van der Waals surface area contributed by atoms with E-state index in [1.165, 1.54) is 0 Å². The van der Waals surface area contributed by atoms with Crippen LogP contribution < -0.4 is 5.32 Å². The fraction of sp³-hybridized carbons (Fsp3) is 0.333. The molecular weight excluding hydrogens is 274 g/mol. The first-order valence-corrected chi connectivity index (χ1v) is 7.10. The largest absolute Gasteiger partial charge is 0.374 e. The predicted octanol–water partition coefficient (Wildman–Crippen LogP) is 3.17. The third-order valence-electron chi connectivity index (χ3n) is 3.26. The Balaban J connectivity index is 2.19. The van der Waals surface area contributed by atoms with Crippen LogP contribution in [-0.2, 0) is 4.79 Å². The molecule has 2 aromatic rings. The summed E-state index contributed by atoms with van der Waals surface area (Å²) in [4.78, 5) is 18.1. The van der Waals surface area contributed by atoms with Crippen LogP contribution in [0.4, 0.5) is 5.69 Å². The molecule has 1 aromatic heterocycles. The number of hydrogen-bond donors (Lipinski definition) is 1. The molecule has 0 fully saturated rings. The van der Waals surface area contributed by atoms with E-state index in [0.717, 1.165) is 29.7 Å². The Labute approximate surface area is 123 Å². The van der Waals surface area contributed by atoms with Crippen LogP contribution in [0, 0.1) is 0 Å². The number of pyridine rings is 1. The van der Waals surface area contributed by atoms with E-state index in [9.17, 15) is 4.79 Å². The van der Waals surface area contributed by atoms with Crippen LogP contribution in [0.1, 0.15) is 13.8 Å². The zero-order chi connectivity index (χ0) is 14.5. The number of nitrogens with zero attached hydrogens (tertiary/aromatic N) is 2. The molecule has 5 heteroatoms. The SMILES string of the molecule is CCN(CC)C(=O)CNc1ccc(Cl)c2cccnc12. The van der Waals surface area contributed by atoms with E-state index < -0.39 is 0 Å². The minimum Gasteiger partial charge on any atom is -0.374 e. The lowest BCUT2D eigenvalue weighted by Gasteiger charge is -2.19. The second-order valence-electron chi connectivity index (χ2n) is 4.41. The average molecular weight is 292 g/mol. The Morgan fingerprint density at radius 3 is 2.75 bits per heavy atom. The summed E-state index contributed by atoms with van der Waals surface area (Å²) in [5.41, 5.74) is 1.61. The number of benzene rings is 1. The van der Waals surface area contributed by atoms with Gasteiger partial charge < -0.3 is 10.2 Å². The summed E-state index contributed by atoms with van der Waals surface area (Å²) in [6.07, 6.45) is 1.72. The lowest BCUT2D eigenvalue weighted by molar-refractivity contribution is -0.128. The Morgan fingerprint density at radius 2 is 2.05 bits per heavy atom. The van der Waals surface area contributed by atoms with Gasteiger partial charge in [0.2, 0.25) is 5.91 Å². The van der Waals surface area contributed by atoms with Crippen LogP contribution in [0.3, 0.4) is 0 Å². The van der Waals surface area contributed by atoms with Gasteiger partial charge >= 0.3 is 0 Å². The molecule has 0 saturated carbocycles. The molecule has 106 valence electrons. The number of fused-ring (bicyclic) bond motifs is 1. The lowest BCUT2D eigenvalue weighted by Crippen LogP contribution is -2.35. The van der Waals surface area contributed by atoms with Gasteiger partial charge in [0, 0.05) is 24.7 Å². The molecule has 0 unspecified atom stereocenters. The number of nitrogens with one attached hydrogen (secondary N) is 1. The van der Waals surface area contributed by atoms with Crippen molar-refractivity contribution in [1.82, 2.24) is 9.88 Å². The van der Waals surface area contributed by atoms with Gasteiger partial charge in [-0.3, -0.25) is 9.78 Å². The molecule has 1 aromatic carbocycles. The molecule has 0 aliphatic heterocycles. The number of hydrogen-bond acceptors (Lipinski definition) is 3. The first kappa shape index (κ1) is 14.6. The summed E-state index contributed by atoms with van der Waals surface area (Å²) >= 11 is 6.14. The molecule has 1 heterocycles. The molecule has 0 spiro atoms. The molecule has 4 nitrogen and oxygen atoms in total. The fourth-order valence-electron chi connectivity index (χ4n) is 2.14. The van der Waals surface area contributed by atoms with Gasteiger partial charge in [0.1, 0.15) is 0 Å². The maximum atomic E-state index is 12.0. The Bertz CT molecular complexity index is 611. The summed E-state index contributed by atoms with van der Waals surface area (Å²) in [7, 11) is 0. The van der Waals surface area contributed by atoms with Crippen molar-refractivity contribution in [2.24, 2.45) is 0 Å². The molecule has 0 atom stereocenters. The van der Waals surface area contributed by atoms with Crippen molar-refractivity contribution < 1.29 is 4.79 Å². The topological polar surface area (TPSA) is 45.2 Å². The van der Waals surface area contributed by atoms with Gasteiger partial charge in [0.05, 0.1) is 22.8 Å². The van der Waals surface area contributed by atoms with Crippen molar-refractivity contribution in [3.8, 4) is 0 Å². The van der Waals surface area contributed by atoms with E-state index in [1.54, 1.807) is 11.1 Å². The molecular formula is C15H18ClN3O. The number of amides is 1. The summed E-state index contributed by atoms with van der Waals surface area (Å²) < 4.78 is 0. The van der Waals surface area contributed by atoms with Crippen LogP contribution in [0.15, 0.2) is 30.5 Å². The molecule has 0 bridgehead atoms. The normalized spacial score (nSPS) is 10.6. The minimum atomic E-state index is 0.0778. The summed E-state index contributed by atoms with van der Waals surface area (Å²) in [5, 5.41) is 4.70. The first-order valence-electron chi connectivity index (χ1n) is 6.72. The zero-order valence-corrected chi connectivity index (χ0v) is 12.4. The van der Waals surface area contributed by atoms with Crippen LogP contribution >= 0.6 is 11.6 Å². The predicted molar refractivity (Wildman–Crippen MR) is 83.2 cm³/mol. The Kier molecular flexibility index (Phi) is 4.79. The van der Waals surface area contributed by atoms with Crippen LogP contribution in [0.5, 0.6) is 0 Å². The van der Waals surface area contributed by atoms with Gasteiger partial charge in [0.25, 0.3) is 0 Å². The second-order valence-corrected chi connectivity index (χ2v) is 4.82. The van der Waals surface area contributed by atoms with Gasteiger partial charge in [0.15, 0.2) is 0 Å². The number of carbonyl (C=O) groups is 1. The third kappa shape index (κ3) is 3.02. The molecule has 1 amide bonds.